The minimum atomic E-state index is -3.30. The van der Waals surface area contributed by atoms with Crippen LogP contribution >= 0.6 is 0 Å². The summed E-state index contributed by atoms with van der Waals surface area (Å²) in [4.78, 5) is 16.7. The van der Waals surface area contributed by atoms with Gasteiger partial charge >= 0.3 is 0 Å². The number of carbonyl (C=O) groups excluding carboxylic acids is 1. The summed E-state index contributed by atoms with van der Waals surface area (Å²) in [6, 6.07) is 6.38. The fourth-order valence-electron chi connectivity index (χ4n) is 2.40. The van der Waals surface area contributed by atoms with Crippen molar-refractivity contribution >= 4 is 21.6 Å². The van der Waals surface area contributed by atoms with Crippen molar-refractivity contribution in [1.82, 2.24) is 15.1 Å². The molecule has 8 heteroatoms. The Morgan fingerprint density at radius 3 is 2.30 bits per heavy atom. The van der Waals surface area contributed by atoms with Crippen LogP contribution in [-0.2, 0) is 10.0 Å². The minimum absolute atomic E-state index is 0.148. The molecular weight excluding hydrogens is 316 g/mol. The third-order valence-electron chi connectivity index (χ3n) is 3.76. The standard InChI is InChI=1S/C15H24N4O3S/c1-18-9-11-19(12-10-18)8-7-16-15(20)13-3-5-14(6-4-13)17-23(2,21)22/h3-6,17H,7-12H2,1-2H3,(H,16,20). The number of anilines is 1. The average molecular weight is 340 g/mol. The Balaban J connectivity index is 1.77. The average Bonchev–Trinajstić information content (AvgIpc) is 2.48. The zero-order chi connectivity index (χ0) is 16.9. The molecular formula is C15H24N4O3S. The number of sulfonamides is 1. The van der Waals surface area contributed by atoms with Crippen molar-refractivity contribution in [3.8, 4) is 0 Å². The van der Waals surface area contributed by atoms with E-state index in [0.717, 1.165) is 39.0 Å². The van der Waals surface area contributed by atoms with E-state index in [1.165, 1.54) is 0 Å². The van der Waals surface area contributed by atoms with Crippen molar-refractivity contribution in [2.24, 2.45) is 0 Å². The molecule has 1 amide bonds. The van der Waals surface area contributed by atoms with Crippen LogP contribution in [0.2, 0.25) is 0 Å². The van der Waals surface area contributed by atoms with Gasteiger partial charge < -0.3 is 10.2 Å². The number of hydrogen-bond donors (Lipinski definition) is 2. The molecule has 0 atom stereocenters. The predicted molar refractivity (Wildman–Crippen MR) is 91.2 cm³/mol. The van der Waals surface area contributed by atoms with Crippen LogP contribution in [0.25, 0.3) is 0 Å². The molecule has 2 rings (SSSR count). The molecule has 1 aromatic carbocycles. The molecule has 0 saturated carbocycles. The fraction of sp³-hybridized carbons (Fsp3) is 0.533. The van der Waals surface area contributed by atoms with E-state index in [0.29, 0.717) is 17.8 Å². The maximum Gasteiger partial charge on any atom is 0.251 e. The predicted octanol–water partition coefficient (Wildman–Crippen LogP) is 0.0353. The van der Waals surface area contributed by atoms with Crippen LogP contribution in [0.4, 0.5) is 5.69 Å². The molecule has 1 fully saturated rings. The lowest BCUT2D eigenvalue weighted by molar-refractivity contribution is 0.0941. The fourth-order valence-corrected chi connectivity index (χ4v) is 2.97. The van der Waals surface area contributed by atoms with Gasteiger partial charge in [0.25, 0.3) is 5.91 Å². The second-order valence-electron chi connectivity index (χ2n) is 5.85. The van der Waals surface area contributed by atoms with Gasteiger partial charge in [-0.25, -0.2) is 8.42 Å². The minimum Gasteiger partial charge on any atom is -0.351 e. The van der Waals surface area contributed by atoms with Crippen LogP contribution in [0, 0.1) is 0 Å². The molecule has 1 aliphatic rings. The molecule has 7 nitrogen and oxygen atoms in total. The number of rotatable bonds is 6. The number of piperazine rings is 1. The molecule has 2 N–H and O–H groups in total. The van der Waals surface area contributed by atoms with E-state index in [9.17, 15) is 13.2 Å². The molecule has 1 saturated heterocycles. The van der Waals surface area contributed by atoms with Crippen LogP contribution in [-0.4, -0.2) is 76.7 Å². The molecule has 0 aliphatic carbocycles. The van der Waals surface area contributed by atoms with Crippen molar-refractivity contribution in [2.75, 3.05) is 57.3 Å². The SMILES string of the molecule is CN1CCN(CCNC(=O)c2ccc(NS(C)(=O)=O)cc2)CC1. The van der Waals surface area contributed by atoms with Gasteiger partial charge in [0.2, 0.25) is 10.0 Å². The molecule has 1 aromatic rings. The number of nitrogens with one attached hydrogen (secondary N) is 2. The van der Waals surface area contributed by atoms with Gasteiger partial charge in [-0.05, 0) is 31.3 Å². The van der Waals surface area contributed by atoms with Crippen molar-refractivity contribution in [3.05, 3.63) is 29.8 Å². The molecule has 0 aromatic heterocycles. The summed E-state index contributed by atoms with van der Waals surface area (Å²) in [7, 11) is -1.19. The molecule has 0 spiro atoms. The van der Waals surface area contributed by atoms with Gasteiger partial charge in [-0.15, -0.1) is 0 Å². The number of benzene rings is 1. The lowest BCUT2D eigenvalue weighted by atomic mass is 10.2. The van der Waals surface area contributed by atoms with Crippen molar-refractivity contribution in [2.45, 2.75) is 0 Å². The summed E-state index contributed by atoms with van der Waals surface area (Å²) in [5.41, 5.74) is 0.962. The summed E-state index contributed by atoms with van der Waals surface area (Å²) >= 11 is 0. The monoisotopic (exact) mass is 340 g/mol. The number of hydrogen-bond acceptors (Lipinski definition) is 5. The molecule has 1 heterocycles. The van der Waals surface area contributed by atoms with Crippen LogP contribution in [0.1, 0.15) is 10.4 Å². The molecule has 128 valence electrons. The number of likely N-dealkylation sites (N-methyl/N-ethyl adjacent to an activating group) is 1. The Labute approximate surface area is 137 Å². The third kappa shape index (κ3) is 6.17. The van der Waals surface area contributed by atoms with E-state index in [1.54, 1.807) is 24.3 Å². The highest BCUT2D eigenvalue weighted by atomic mass is 32.2. The van der Waals surface area contributed by atoms with Crippen LogP contribution in [0.15, 0.2) is 24.3 Å². The largest absolute Gasteiger partial charge is 0.351 e. The van der Waals surface area contributed by atoms with Crippen LogP contribution in [0.5, 0.6) is 0 Å². The Morgan fingerprint density at radius 2 is 1.74 bits per heavy atom. The van der Waals surface area contributed by atoms with E-state index in [4.69, 9.17) is 0 Å². The topological polar surface area (TPSA) is 81.8 Å². The zero-order valence-electron chi connectivity index (χ0n) is 13.6. The van der Waals surface area contributed by atoms with Gasteiger partial charge in [-0.2, -0.15) is 0 Å². The van der Waals surface area contributed by atoms with Crippen molar-refractivity contribution in [3.63, 3.8) is 0 Å². The highest BCUT2D eigenvalue weighted by Crippen LogP contribution is 2.10. The van der Waals surface area contributed by atoms with Gasteiger partial charge in [-0.3, -0.25) is 14.4 Å². The second-order valence-corrected chi connectivity index (χ2v) is 7.60. The van der Waals surface area contributed by atoms with Gasteiger partial charge in [0.15, 0.2) is 0 Å². The number of amides is 1. The Hall–Kier alpha value is -1.64. The quantitative estimate of drug-likeness (QED) is 0.764. The van der Waals surface area contributed by atoms with Gasteiger partial charge in [0.1, 0.15) is 0 Å². The Kier molecular flexibility index (Phi) is 5.97. The van der Waals surface area contributed by atoms with Gasteiger partial charge in [0.05, 0.1) is 6.26 Å². The maximum absolute atomic E-state index is 12.1. The maximum atomic E-state index is 12.1. The summed E-state index contributed by atoms with van der Waals surface area (Å²) in [5.74, 6) is -0.148. The van der Waals surface area contributed by atoms with Crippen LogP contribution in [0.3, 0.4) is 0 Å². The second kappa shape index (κ2) is 7.76. The smallest absolute Gasteiger partial charge is 0.251 e. The Bertz CT molecular complexity index is 623. The van der Waals surface area contributed by atoms with E-state index in [2.05, 4.69) is 26.9 Å². The van der Waals surface area contributed by atoms with Crippen molar-refractivity contribution < 1.29 is 13.2 Å². The van der Waals surface area contributed by atoms with Crippen LogP contribution < -0.4 is 10.0 Å². The summed E-state index contributed by atoms with van der Waals surface area (Å²) in [5, 5.41) is 2.89. The van der Waals surface area contributed by atoms with Gasteiger partial charge in [-0.1, -0.05) is 0 Å². The molecule has 0 radical (unpaired) electrons. The first-order chi connectivity index (χ1) is 10.8. The summed E-state index contributed by atoms with van der Waals surface area (Å²) in [6.07, 6.45) is 1.09. The summed E-state index contributed by atoms with van der Waals surface area (Å²) < 4.78 is 24.6. The lowest BCUT2D eigenvalue weighted by Gasteiger charge is -2.32. The Morgan fingerprint density at radius 1 is 1.13 bits per heavy atom. The highest BCUT2D eigenvalue weighted by Gasteiger charge is 2.13. The molecule has 1 aliphatic heterocycles. The van der Waals surface area contributed by atoms with E-state index in [-0.39, 0.29) is 5.91 Å². The third-order valence-corrected chi connectivity index (χ3v) is 4.37. The van der Waals surface area contributed by atoms with E-state index in [1.807, 2.05) is 0 Å². The molecule has 0 unspecified atom stereocenters. The lowest BCUT2D eigenvalue weighted by Crippen LogP contribution is -2.46. The van der Waals surface area contributed by atoms with Gasteiger partial charge in [0, 0.05) is 50.5 Å². The normalized spacial score (nSPS) is 17.0. The van der Waals surface area contributed by atoms with E-state index >= 15 is 0 Å². The number of carbonyl (C=O) groups is 1. The first kappa shape index (κ1) is 17.7. The zero-order valence-corrected chi connectivity index (χ0v) is 14.4. The van der Waals surface area contributed by atoms with Crippen molar-refractivity contribution in [1.29, 1.82) is 0 Å². The molecule has 0 bridgehead atoms. The van der Waals surface area contributed by atoms with E-state index < -0.39 is 10.0 Å². The molecule has 23 heavy (non-hydrogen) atoms. The summed E-state index contributed by atoms with van der Waals surface area (Å²) in [6.45, 7) is 5.61. The number of nitrogens with zero attached hydrogens (tertiary/aromatic N) is 2. The first-order valence-corrected chi connectivity index (χ1v) is 9.49. The highest BCUT2D eigenvalue weighted by molar-refractivity contribution is 7.92. The first-order valence-electron chi connectivity index (χ1n) is 7.60.